The molecule has 1 unspecified atom stereocenters. The van der Waals surface area contributed by atoms with Crippen LogP contribution in [-0.2, 0) is 0 Å². The lowest BCUT2D eigenvalue weighted by Crippen LogP contribution is -2.42. The number of allylic oxidation sites excluding steroid dienone is 1. The van der Waals surface area contributed by atoms with Crippen molar-refractivity contribution < 1.29 is 0 Å². The van der Waals surface area contributed by atoms with Gasteiger partial charge in [0.1, 0.15) is 0 Å². The minimum absolute atomic E-state index is 0. The monoisotopic (exact) mass is 203 g/mol. The van der Waals surface area contributed by atoms with Crippen LogP contribution in [0.15, 0.2) is 12.2 Å². The van der Waals surface area contributed by atoms with E-state index in [2.05, 4.69) is 52.1 Å². The first-order valence-electron chi connectivity index (χ1n) is 4.76. The van der Waals surface area contributed by atoms with Gasteiger partial charge in [-0.15, -0.1) is 12.4 Å². The van der Waals surface area contributed by atoms with Crippen molar-refractivity contribution in [3.63, 3.8) is 0 Å². The van der Waals surface area contributed by atoms with Crippen molar-refractivity contribution in [1.29, 1.82) is 0 Å². The van der Waals surface area contributed by atoms with Crippen LogP contribution in [0.2, 0.25) is 0 Å². The fraction of sp³-hybridized carbons (Fsp3) is 0.818. The van der Waals surface area contributed by atoms with Crippen LogP contribution in [0, 0.1) is 5.41 Å². The van der Waals surface area contributed by atoms with Gasteiger partial charge in [-0.3, -0.25) is 0 Å². The molecule has 0 aromatic carbocycles. The van der Waals surface area contributed by atoms with Crippen LogP contribution in [0.3, 0.4) is 0 Å². The largest absolute Gasteiger partial charge is 0.306 e. The molecule has 0 fully saturated rings. The summed E-state index contributed by atoms with van der Waals surface area (Å²) < 4.78 is 0. The van der Waals surface area contributed by atoms with Crippen LogP contribution >= 0.6 is 12.4 Å². The number of rotatable bonds is 1. The van der Waals surface area contributed by atoms with Gasteiger partial charge in [0.2, 0.25) is 0 Å². The zero-order valence-electron chi connectivity index (χ0n) is 9.35. The summed E-state index contributed by atoms with van der Waals surface area (Å²) >= 11 is 0. The lowest BCUT2D eigenvalue weighted by atomic mass is 9.92. The van der Waals surface area contributed by atoms with Crippen LogP contribution in [0.4, 0.5) is 0 Å². The van der Waals surface area contributed by atoms with Crippen LogP contribution < -0.4 is 5.32 Å². The molecule has 1 nitrogen and oxygen atoms in total. The molecule has 2 heteroatoms. The maximum atomic E-state index is 3.59. The predicted molar refractivity (Wildman–Crippen MR) is 61.5 cm³/mol. The summed E-state index contributed by atoms with van der Waals surface area (Å²) in [4.78, 5) is 0. The van der Waals surface area contributed by atoms with Crippen molar-refractivity contribution in [2.75, 3.05) is 0 Å². The third-order valence-corrected chi connectivity index (χ3v) is 2.14. The average Bonchev–Trinajstić information content (AvgIpc) is 2.05. The Bertz CT molecular complexity index is 189. The lowest BCUT2D eigenvalue weighted by Gasteiger charge is -2.27. The van der Waals surface area contributed by atoms with E-state index in [1.807, 2.05) is 0 Å². The van der Waals surface area contributed by atoms with Gasteiger partial charge in [-0.2, -0.15) is 0 Å². The Kier molecular flexibility index (Phi) is 4.01. The smallest absolute Gasteiger partial charge is 0.0263 e. The number of halogens is 1. The molecule has 1 aliphatic carbocycles. The predicted octanol–water partition coefficient (Wildman–Crippen LogP) is 3.15. The van der Waals surface area contributed by atoms with Crippen molar-refractivity contribution in [2.24, 2.45) is 5.41 Å². The van der Waals surface area contributed by atoms with Gasteiger partial charge in [-0.1, -0.05) is 26.0 Å². The fourth-order valence-corrected chi connectivity index (χ4v) is 1.73. The van der Waals surface area contributed by atoms with E-state index in [-0.39, 0.29) is 17.9 Å². The summed E-state index contributed by atoms with van der Waals surface area (Å²) in [6.45, 7) is 11.2. The summed E-state index contributed by atoms with van der Waals surface area (Å²) in [5, 5.41) is 3.59. The van der Waals surface area contributed by atoms with Gasteiger partial charge in [0.05, 0.1) is 0 Å². The van der Waals surface area contributed by atoms with E-state index in [4.69, 9.17) is 0 Å². The van der Waals surface area contributed by atoms with Crippen molar-refractivity contribution in [2.45, 2.75) is 52.6 Å². The highest BCUT2D eigenvalue weighted by molar-refractivity contribution is 5.85. The Hall–Kier alpha value is -0.0100. The van der Waals surface area contributed by atoms with Crippen LogP contribution in [-0.4, -0.2) is 11.6 Å². The third kappa shape index (κ3) is 4.68. The van der Waals surface area contributed by atoms with E-state index in [1.165, 1.54) is 6.42 Å². The molecule has 0 amide bonds. The standard InChI is InChI=1S/C11H21N.ClH/c1-10(2,3)12-9-6-7-11(4,5)8-9;/h6-7,9,12H,8H2,1-5H3;1H. The first-order valence-corrected chi connectivity index (χ1v) is 4.76. The Labute approximate surface area is 88.4 Å². The van der Waals surface area contributed by atoms with Gasteiger partial charge in [0, 0.05) is 11.6 Å². The highest BCUT2D eigenvalue weighted by Gasteiger charge is 2.27. The summed E-state index contributed by atoms with van der Waals surface area (Å²) in [6.07, 6.45) is 5.84. The molecule has 1 atom stereocenters. The first-order chi connectivity index (χ1) is 5.29. The van der Waals surface area contributed by atoms with Gasteiger partial charge in [-0.25, -0.2) is 0 Å². The normalized spacial score (nSPS) is 25.8. The minimum atomic E-state index is 0. The van der Waals surface area contributed by atoms with Gasteiger partial charge < -0.3 is 5.32 Å². The highest BCUT2D eigenvalue weighted by atomic mass is 35.5. The van der Waals surface area contributed by atoms with E-state index in [1.54, 1.807) is 0 Å². The van der Waals surface area contributed by atoms with E-state index >= 15 is 0 Å². The fourth-order valence-electron chi connectivity index (χ4n) is 1.73. The van der Waals surface area contributed by atoms with Crippen molar-refractivity contribution >= 4 is 12.4 Å². The van der Waals surface area contributed by atoms with Gasteiger partial charge in [0.25, 0.3) is 0 Å². The average molecular weight is 204 g/mol. The summed E-state index contributed by atoms with van der Waals surface area (Å²) in [5.41, 5.74) is 0.623. The molecule has 13 heavy (non-hydrogen) atoms. The Balaban J connectivity index is 0.00000144. The molecule has 0 radical (unpaired) electrons. The molecule has 1 N–H and O–H groups in total. The molecule has 0 saturated heterocycles. The molecular formula is C11H22ClN. The van der Waals surface area contributed by atoms with E-state index in [0.717, 1.165) is 0 Å². The molecule has 0 aromatic rings. The second-order valence-corrected chi connectivity index (χ2v) is 5.55. The third-order valence-electron chi connectivity index (χ3n) is 2.14. The maximum absolute atomic E-state index is 3.59. The second-order valence-electron chi connectivity index (χ2n) is 5.55. The van der Waals surface area contributed by atoms with Gasteiger partial charge in [0.15, 0.2) is 0 Å². The summed E-state index contributed by atoms with van der Waals surface area (Å²) in [7, 11) is 0. The van der Waals surface area contributed by atoms with Crippen molar-refractivity contribution in [3.8, 4) is 0 Å². The maximum Gasteiger partial charge on any atom is 0.0263 e. The highest BCUT2D eigenvalue weighted by Crippen LogP contribution is 2.31. The Morgan fingerprint density at radius 2 is 1.85 bits per heavy atom. The number of nitrogens with one attached hydrogen (secondary N) is 1. The Morgan fingerprint density at radius 1 is 1.31 bits per heavy atom. The molecular weight excluding hydrogens is 182 g/mol. The lowest BCUT2D eigenvalue weighted by molar-refractivity contribution is 0.342. The second kappa shape index (κ2) is 4.02. The molecule has 0 heterocycles. The van der Waals surface area contributed by atoms with Gasteiger partial charge in [-0.05, 0) is 32.6 Å². The molecule has 78 valence electrons. The van der Waals surface area contributed by atoms with Crippen molar-refractivity contribution in [1.82, 2.24) is 5.32 Å². The van der Waals surface area contributed by atoms with E-state index in [9.17, 15) is 0 Å². The molecule has 0 spiro atoms. The minimum Gasteiger partial charge on any atom is -0.306 e. The number of hydrogen-bond acceptors (Lipinski definition) is 1. The zero-order chi connectivity index (χ0) is 9.41. The van der Waals surface area contributed by atoms with Crippen LogP contribution in [0.25, 0.3) is 0 Å². The molecule has 0 aliphatic heterocycles. The zero-order valence-corrected chi connectivity index (χ0v) is 10.2. The van der Waals surface area contributed by atoms with Crippen LogP contribution in [0.1, 0.15) is 41.0 Å². The molecule has 1 rings (SSSR count). The Morgan fingerprint density at radius 3 is 2.15 bits per heavy atom. The van der Waals surface area contributed by atoms with E-state index < -0.39 is 0 Å². The van der Waals surface area contributed by atoms with Crippen molar-refractivity contribution in [3.05, 3.63) is 12.2 Å². The quantitative estimate of drug-likeness (QED) is 0.646. The van der Waals surface area contributed by atoms with E-state index in [0.29, 0.717) is 11.5 Å². The summed E-state index contributed by atoms with van der Waals surface area (Å²) in [6, 6.07) is 0.569. The summed E-state index contributed by atoms with van der Waals surface area (Å²) in [5.74, 6) is 0. The molecule has 0 bridgehead atoms. The topological polar surface area (TPSA) is 12.0 Å². The van der Waals surface area contributed by atoms with Gasteiger partial charge >= 0.3 is 0 Å². The number of hydrogen-bond donors (Lipinski definition) is 1. The molecule has 1 aliphatic rings. The van der Waals surface area contributed by atoms with Crippen LogP contribution in [0.5, 0.6) is 0 Å². The first kappa shape index (κ1) is 13.0. The molecule has 0 aromatic heterocycles. The molecule has 0 saturated carbocycles. The SMILES string of the molecule is CC1(C)C=CC(NC(C)(C)C)C1.Cl.